The van der Waals surface area contributed by atoms with Gasteiger partial charge >= 0.3 is 0 Å². The second-order valence-electron chi connectivity index (χ2n) is 6.02. The quantitative estimate of drug-likeness (QED) is 0.865. The van der Waals surface area contributed by atoms with Crippen LogP contribution in [0.25, 0.3) is 11.2 Å². The molecule has 4 rings (SSSR count). The maximum Gasteiger partial charge on any atom is 0.160 e. The fourth-order valence-corrected chi connectivity index (χ4v) is 3.47. The van der Waals surface area contributed by atoms with E-state index in [9.17, 15) is 0 Å². The summed E-state index contributed by atoms with van der Waals surface area (Å²) in [6, 6.07) is 4.01. The highest BCUT2D eigenvalue weighted by Crippen LogP contribution is 2.30. The highest BCUT2D eigenvalue weighted by Gasteiger charge is 2.25. The Morgan fingerprint density at radius 1 is 1.19 bits per heavy atom. The van der Waals surface area contributed by atoms with E-state index in [1.165, 1.54) is 25.9 Å². The summed E-state index contributed by atoms with van der Waals surface area (Å²) in [6.45, 7) is 5.36. The molecule has 112 valence electrons. The van der Waals surface area contributed by atoms with Crippen LogP contribution in [0.4, 0.5) is 0 Å². The van der Waals surface area contributed by atoms with Gasteiger partial charge in [0.05, 0.1) is 0 Å². The molecule has 0 amide bonds. The SMILES string of the molecule is c1cnc2c(c1)nc(C1CCCO1)n2CCN1CCCC1. The van der Waals surface area contributed by atoms with Crippen LogP contribution in [0.5, 0.6) is 0 Å². The number of pyridine rings is 1. The van der Waals surface area contributed by atoms with Crippen molar-refractivity contribution in [3.8, 4) is 0 Å². The Labute approximate surface area is 124 Å². The van der Waals surface area contributed by atoms with Gasteiger partial charge in [-0.1, -0.05) is 0 Å². The van der Waals surface area contributed by atoms with Crippen molar-refractivity contribution in [3.05, 3.63) is 24.2 Å². The maximum atomic E-state index is 5.86. The van der Waals surface area contributed by atoms with Gasteiger partial charge in [-0.15, -0.1) is 0 Å². The summed E-state index contributed by atoms with van der Waals surface area (Å²) in [5.74, 6) is 1.07. The lowest BCUT2D eigenvalue weighted by atomic mass is 10.2. The van der Waals surface area contributed by atoms with Gasteiger partial charge in [0.1, 0.15) is 17.4 Å². The van der Waals surface area contributed by atoms with Crippen LogP contribution >= 0.6 is 0 Å². The van der Waals surface area contributed by atoms with E-state index < -0.39 is 0 Å². The minimum absolute atomic E-state index is 0.151. The molecule has 0 aliphatic carbocycles. The normalized spacial score (nSPS) is 23.3. The summed E-state index contributed by atoms with van der Waals surface area (Å²) in [6.07, 6.45) is 6.89. The first kappa shape index (κ1) is 13.2. The first-order valence-corrected chi connectivity index (χ1v) is 8.07. The van der Waals surface area contributed by atoms with Gasteiger partial charge < -0.3 is 14.2 Å². The standard InChI is InChI=1S/C16H22N4O/c1-2-9-19(8-1)10-11-20-15-13(5-3-7-17-15)18-16(20)14-6-4-12-21-14/h3,5,7,14H,1-2,4,6,8-12H2. The lowest BCUT2D eigenvalue weighted by Gasteiger charge is -2.17. The van der Waals surface area contributed by atoms with E-state index in [4.69, 9.17) is 9.72 Å². The first-order chi connectivity index (χ1) is 10.4. The summed E-state index contributed by atoms with van der Waals surface area (Å²) in [7, 11) is 0. The van der Waals surface area contributed by atoms with Gasteiger partial charge in [0, 0.05) is 25.9 Å². The van der Waals surface area contributed by atoms with Crippen LogP contribution in [0.2, 0.25) is 0 Å². The predicted octanol–water partition coefficient (Wildman–Crippen LogP) is 2.38. The maximum absolute atomic E-state index is 5.86. The molecule has 0 bridgehead atoms. The van der Waals surface area contributed by atoms with Crippen molar-refractivity contribution in [2.75, 3.05) is 26.2 Å². The van der Waals surface area contributed by atoms with Gasteiger partial charge in [-0.25, -0.2) is 9.97 Å². The molecule has 21 heavy (non-hydrogen) atoms. The topological polar surface area (TPSA) is 43.2 Å². The zero-order chi connectivity index (χ0) is 14.1. The molecule has 0 saturated carbocycles. The molecule has 2 aliphatic heterocycles. The van der Waals surface area contributed by atoms with Crippen molar-refractivity contribution in [1.29, 1.82) is 0 Å². The molecule has 0 spiro atoms. The van der Waals surface area contributed by atoms with Gasteiger partial charge in [-0.3, -0.25) is 0 Å². The number of ether oxygens (including phenoxy) is 1. The molecule has 2 saturated heterocycles. The summed E-state index contributed by atoms with van der Waals surface area (Å²) in [5.41, 5.74) is 1.99. The van der Waals surface area contributed by atoms with Crippen LogP contribution in [-0.4, -0.2) is 45.7 Å². The average Bonchev–Trinajstić information content (AvgIpc) is 3.25. The largest absolute Gasteiger partial charge is 0.370 e. The minimum Gasteiger partial charge on any atom is -0.370 e. The van der Waals surface area contributed by atoms with Crippen molar-refractivity contribution in [3.63, 3.8) is 0 Å². The van der Waals surface area contributed by atoms with Gasteiger partial charge in [0.15, 0.2) is 5.65 Å². The number of imidazole rings is 1. The lowest BCUT2D eigenvalue weighted by Crippen LogP contribution is -2.25. The number of fused-ring (bicyclic) bond motifs is 1. The number of nitrogens with zero attached hydrogens (tertiary/aromatic N) is 4. The molecule has 2 aromatic heterocycles. The Hall–Kier alpha value is -1.46. The van der Waals surface area contributed by atoms with E-state index in [0.29, 0.717) is 0 Å². The highest BCUT2D eigenvalue weighted by atomic mass is 16.5. The second-order valence-corrected chi connectivity index (χ2v) is 6.02. The zero-order valence-electron chi connectivity index (χ0n) is 12.4. The van der Waals surface area contributed by atoms with E-state index in [1.54, 1.807) is 0 Å². The van der Waals surface area contributed by atoms with Crippen LogP contribution in [0.3, 0.4) is 0 Å². The van der Waals surface area contributed by atoms with Crippen molar-refractivity contribution in [1.82, 2.24) is 19.4 Å². The van der Waals surface area contributed by atoms with Crippen molar-refractivity contribution in [2.45, 2.75) is 38.3 Å². The Balaban J connectivity index is 1.64. The summed E-state index contributed by atoms with van der Waals surface area (Å²) in [5, 5.41) is 0. The van der Waals surface area contributed by atoms with Gasteiger partial charge in [-0.05, 0) is 50.9 Å². The molecule has 0 radical (unpaired) electrons. The van der Waals surface area contributed by atoms with Crippen molar-refractivity contribution in [2.24, 2.45) is 0 Å². The zero-order valence-corrected chi connectivity index (χ0v) is 12.4. The molecule has 1 unspecified atom stereocenters. The van der Waals surface area contributed by atoms with Crippen LogP contribution in [0.15, 0.2) is 18.3 Å². The van der Waals surface area contributed by atoms with E-state index in [0.717, 1.165) is 49.5 Å². The number of hydrogen-bond acceptors (Lipinski definition) is 4. The number of aromatic nitrogens is 3. The number of likely N-dealkylation sites (tertiary alicyclic amines) is 1. The molecule has 2 fully saturated rings. The van der Waals surface area contributed by atoms with Crippen LogP contribution in [-0.2, 0) is 11.3 Å². The molecular weight excluding hydrogens is 264 g/mol. The van der Waals surface area contributed by atoms with Crippen LogP contribution < -0.4 is 0 Å². The number of rotatable bonds is 4. The average molecular weight is 286 g/mol. The number of hydrogen-bond donors (Lipinski definition) is 0. The van der Waals surface area contributed by atoms with Gasteiger partial charge in [0.25, 0.3) is 0 Å². The first-order valence-electron chi connectivity index (χ1n) is 8.07. The third kappa shape index (κ3) is 2.56. The molecule has 1 atom stereocenters. The van der Waals surface area contributed by atoms with Crippen LogP contribution in [0, 0.1) is 0 Å². The molecule has 5 nitrogen and oxygen atoms in total. The van der Waals surface area contributed by atoms with E-state index >= 15 is 0 Å². The fourth-order valence-electron chi connectivity index (χ4n) is 3.47. The smallest absolute Gasteiger partial charge is 0.160 e. The molecule has 0 aromatic carbocycles. The van der Waals surface area contributed by atoms with E-state index in [1.807, 2.05) is 18.3 Å². The lowest BCUT2D eigenvalue weighted by molar-refractivity contribution is 0.102. The van der Waals surface area contributed by atoms with Gasteiger partial charge in [-0.2, -0.15) is 0 Å². The van der Waals surface area contributed by atoms with Crippen molar-refractivity contribution >= 4 is 11.2 Å². The Bertz CT molecular complexity index is 612. The second kappa shape index (κ2) is 5.73. The van der Waals surface area contributed by atoms with E-state index in [-0.39, 0.29) is 6.10 Å². The Kier molecular flexibility index (Phi) is 3.61. The minimum atomic E-state index is 0.151. The predicted molar refractivity (Wildman–Crippen MR) is 81.1 cm³/mol. The summed E-state index contributed by atoms with van der Waals surface area (Å²) in [4.78, 5) is 11.9. The fraction of sp³-hybridized carbons (Fsp3) is 0.625. The van der Waals surface area contributed by atoms with E-state index in [2.05, 4.69) is 14.5 Å². The molecule has 2 aromatic rings. The molecule has 4 heterocycles. The van der Waals surface area contributed by atoms with Crippen LogP contribution in [0.1, 0.15) is 37.6 Å². The molecule has 2 aliphatic rings. The van der Waals surface area contributed by atoms with Crippen molar-refractivity contribution < 1.29 is 4.74 Å². The third-order valence-corrected chi connectivity index (χ3v) is 4.59. The molecule has 0 N–H and O–H groups in total. The molecular formula is C16H22N4O. The third-order valence-electron chi connectivity index (χ3n) is 4.59. The summed E-state index contributed by atoms with van der Waals surface area (Å²) >= 11 is 0. The monoisotopic (exact) mass is 286 g/mol. The Morgan fingerprint density at radius 3 is 2.90 bits per heavy atom. The Morgan fingerprint density at radius 2 is 2.10 bits per heavy atom. The summed E-state index contributed by atoms with van der Waals surface area (Å²) < 4.78 is 8.14. The van der Waals surface area contributed by atoms with Gasteiger partial charge in [0.2, 0.25) is 0 Å². The highest BCUT2D eigenvalue weighted by molar-refractivity contribution is 5.71. The molecule has 5 heteroatoms.